The van der Waals surface area contributed by atoms with Crippen molar-refractivity contribution in [1.29, 1.82) is 0 Å². The van der Waals surface area contributed by atoms with Crippen LogP contribution in [0.5, 0.6) is 0 Å². The normalized spacial score (nSPS) is 16.1. The summed E-state index contributed by atoms with van der Waals surface area (Å²) >= 11 is 0. The standard InChI is InChI=1S/C12H15NO2.ClH/c1-13-12(7-8-12)9-15-11(14)10-5-3-2-4-6-10;/h2-6,13H,7-9H2,1H3;1H. The van der Waals surface area contributed by atoms with Gasteiger partial charge in [0.2, 0.25) is 0 Å². The minimum Gasteiger partial charge on any atom is -0.460 e. The van der Waals surface area contributed by atoms with Gasteiger partial charge in [0.25, 0.3) is 0 Å². The summed E-state index contributed by atoms with van der Waals surface area (Å²) in [6.45, 7) is 0.469. The number of hydrogen-bond donors (Lipinski definition) is 1. The highest BCUT2D eigenvalue weighted by atomic mass is 35.5. The quantitative estimate of drug-likeness (QED) is 0.820. The summed E-state index contributed by atoms with van der Waals surface area (Å²) in [4.78, 5) is 11.6. The summed E-state index contributed by atoms with van der Waals surface area (Å²) in [5.74, 6) is -0.239. The number of rotatable bonds is 4. The fraction of sp³-hybridized carbons (Fsp3) is 0.417. The van der Waals surface area contributed by atoms with Crippen LogP contribution < -0.4 is 5.32 Å². The molecule has 16 heavy (non-hydrogen) atoms. The van der Waals surface area contributed by atoms with E-state index in [2.05, 4.69) is 5.32 Å². The monoisotopic (exact) mass is 241 g/mol. The lowest BCUT2D eigenvalue weighted by Gasteiger charge is -2.13. The van der Waals surface area contributed by atoms with E-state index < -0.39 is 0 Å². The minimum atomic E-state index is -0.239. The number of ether oxygens (including phenoxy) is 1. The SMILES string of the molecule is CNC1(COC(=O)c2ccccc2)CC1.Cl. The smallest absolute Gasteiger partial charge is 0.338 e. The number of halogens is 1. The maximum atomic E-state index is 11.6. The molecule has 0 atom stereocenters. The Kier molecular flexibility index (Phi) is 4.33. The van der Waals surface area contributed by atoms with E-state index in [9.17, 15) is 4.79 Å². The zero-order valence-corrected chi connectivity index (χ0v) is 10.0. The fourth-order valence-corrected chi connectivity index (χ4v) is 1.48. The van der Waals surface area contributed by atoms with Gasteiger partial charge in [0.15, 0.2) is 0 Å². The van der Waals surface area contributed by atoms with Crippen molar-refractivity contribution in [2.45, 2.75) is 18.4 Å². The molecule has 0 amide bonds. The molecule has 1 saturated carbocycles. The predicted molar refractivity (Wildman–Crippen MR) is 65.0 cm³/mol. The van der Waals surface area contributed by atoms with Gasteiger partial charge >= 0.3 is 5.97 Å². The average Bonchev–Trinajstić information content (AvgIpc) is 3.08. The first-order chi connectivity index (χ1) is 7.26. The summed E-state index contributed by atoms with van der Waals surface area (Å²) in [6.07, 6.45) is 2.18. The fourth-order valence-electron chi connectivity index (χ4n) is 1.48. The predicted octanol–water partition coefficient (Wildman–Crippen LogP) is 2.02. The molecule has 0 spiro atoms. The highest BCUT2D eigenvalue weighted by Gasteiger charge is 2.42. The largest absolute Gasteiger partial charge is 0.460 e. The van der Waals surface area contributed by atoms with Crippen molar-refractivity contribution >= 4 is 18.4 Å². The Morgan fingerprint density at radius 2 is 2.00 bits per heavy atom. The van der Waals surface area contributed by atoms with Gasteiger partial charge in [0.05, 0.1) is 11.1 Å². The molecule has 1 aromatic rings. The summed E-state index contributed by atoms with van der Waals surface area (Å²) < 4.78 is 5.24. The molecule has 88 valence electrons. The molecule has 2 rings (SSSR count). The van der Waals surface area contributed by atoms with Crippen molar-refractivity contribution in [3.8, 4) is 0 Å². The van der Waals surface area contributed by atoms with E-state index in [1.807, 2.05) is 25.2 Å². The van der Waals surface area contributed by atoms with E-state index in [1.165, 1.54) is 0 Å². The van der Waals surface area contributed by atoms with Gasteiger partial charge in [0, 0.05) is 0 Å². The maximum Gasteiger partial charge on any atom is 0.338 e. The Bertz CT molecular complexity index is 349. The Morgan fingerprint density at radius 3 is 2.50 bits per heavy atom. The molecule has 0 aromatic heterocycles. The lowest BCUT2D eigenvalue weighted by atomic mass is 10.2. The van der Waals surface area contributed by atoms with Gasteiger partial charge in [-0.3, -0.25) is 0 Å². The minimum absolute atomic E-state index is 0. The van der Waals surface area contributed by atoms with E-state index in [0.717, 1.165) is 12.8 Å². The second kappa shape index (κ2) is 5.32. The Labute approximate surface area is 102 Å². The third-order valence-corrected chi connectivity index (χ3v) is 2.87. The van der Waals surface area contributed by atoms with Crippen molar-refractivity contribution in [2.75, 3.05) is 13.7 Å². The number of nitrogens with one attached hydrogen (secondary N) is 1. The molecule has 1 N–H and O–H groups in total. The molecule has 0 unspecified atom stereocenters. The van der Waals surface area contributed by atoms with Crippen LogP contribution >= 0.6 is 12.4 Å². The molecule has 1 fully saturated rings. The van der Waals surface area contributed by atoms with E-state index in [1.54, 1.807) is 12.1 Å². The topological polar surface area (TPSA) is 38.3 Å². The van der Waals surface area contributed by atoms with Crippen LogP contribution in [0.25, 0.3) is 0 Å². The summed E-state index contributed by atoms with van der Waals surface area (Å²) in [6, 6.07) is 9.08. The van der Waals surface area contributed by atoms with Gasteiger partial charge < -0.3 is 10.1 Å². The van der Waals surface area contributed by atoms with Gasteiger partial charge in [-0.15, -0.1) is 12.4 Å². The Hall–Kier alpha value is -1.06. The number of likely N-dealkylation sites (N-methyl/N-ethyl adjacent to an activating group) is 1. The van der Waals surface area contributed by atoms with Gasteiger partial charge in [-0.2, -0.15) is 0 Å². The summed E-state index contributed by atoms with van der Waals surface area (Å²) in [7, 11) is 1.91. The highest BCUT2D eigenvalue weighted by molar-refractivity contribution is 5.89. The molecular weight excluding hydrogens is 226 g/mol. The number of hydrogen-bond acceptors (Lipinski definition) is 3. The number of carbonyl (C=O) groups excluding carboxylic acids is 1. The van der Waals surface area contributed by atoms with Crippen molar-refractivity contribution in [1.82, 2.24) is 5.32 Å². The van der Waals surface area contributed by atoms with Gasteiger partial charge in [-0.1, -0.05) is 18.2 Å². The third kappa shape index (κ3) is 2.97. The Balaban J connectivity index is 0.00000128. The van der Waals surface area contributed by atoms with Gasteiger partial charge in [0.1, 0.15) is 6.61 Å². The van der Waals surface area contributed by atoms with Gasteiger partial charge in [-0.25, -0.2) is 4.79 Å². The number of carbonyl (C=O) groups is 1. The molecule has 0 heterocycles. The first-order valence-electron chi connectivity index (χ1n) is 5.17. The van der Waals surface area contributed by atoms with Crippen molar-refractivity contribution in [2.24, 2.45) is 0 Å². The molecule has 1 aliphatic rings. The van der Waals surface area contributed by atoms with Crippen LogP contribution in [-0.4, -0.2) is 25.2 Å². The average molecular weight is 242 g/mol. The van der Waals surface area contributed by atoms with E-state index in [-0.39, 0.29) is 23.9 Å². The van der Waals surface area contributed by atoms with Crippen LogP contribution in [0.1, 0.15) is 23.2 Å². The van der Waals surface area contributed by atoms with Crippen LogP contribution in [0.3, 0.4) is 0 Å². The van der Waals surface area contributed by atoms with E-state index in [4.69, 9.17) is 4.74 Å². The second-order valence-electron chi connectivity index (χ2n) is 3.97. The first kappa shape index (κ1) is 13.0. The van der Waals surface area contributed by atoms with Crippen LogP contribution in [0, 0.1) is 0 Å². The molecule has 0 radical (unpaired) electrons. The maximum absolute atomic E-state index is 11.6. The van der Waals surface area contributed by atoms with Crippen LogP contribution in [0.4, 0.5) is 0 Å². The van der Waals surface area contributed by atoms with Crippen LogP contribution in [0.2, 0.25) is 0 Å². The summed E-state index contributed by atoms with van der Waals surface area (Å²) in [5.41, 5.74) is 0.675. The Morgan fingerprint density at radius 1 is 1.38 bits per heavy atom. The van der Waals surface area contributed by atoms with Crippen molar-refractivity contribution in [3.63, 3.8) is 0 Å². The summed E-state index contributed by atoms with van der Waals surface area (Å²) in [5, 5.41) is 3.18. The zero-order valence-electron chi connectivity index (χ0n) is 9.23. The zero-order chi connectivity index (χ0) is 10.7. The van der Waals surface area contributed by atoms with E-state index >= 15 is 0 Å². The lowest BCUT2D eigenvalue weighted by molar-refractivity contribution is 0.0453. The number of benzene rings is 1. The molecular formula is C12H16ClNO2. The second-order valence-corrected chi connectivity index (χ2v) is 3.97. The van der Waals surface area contributed by atoms with Crippen LogP contribution in [-0.2, 0) is 4.74 Å². The van der Waals surface area contributed by atoms with Crippen molar-refractivity contribution < 1.29 is 9.53 Å². The molecule has 0 saturated heterocycles. The molecule has 3 nitrogen and oxygen atoms in total. The lowest BCUT2D eigenvalue weighted by Crippen LogP contribution is -2.33. The van der Waals surface area contributed by atoms with Crippen molar-refractivity contribution in [3.05, 3.63) is 35.9 Å². The molecule has 1 aromatic carbocycles. The molecule has 4 heteroatoms. The van der Waals surface area contributed by atoms with E-state index in [0.29, 0.717) is 12.2 Å². The number of esters is 1. The molecule has 1 aliphatic carbocycles. The third-order valence-electron chi connectivity index (χ3n) is 2.87. The van der Waals surface area contributed by atoms with Gasteiger partial charge in [-0.05, 0) is 32.0 Å². The highest BCUT2D eigenvalue weighted by Crippen LogP contribution is 2.35. The van der Waals surface area contributed by atoms with Crippen LogP contribution in [0.15, 0.2) is 30.3 Å². The molecule has 0 aliphatic heterocycles. The molecule has 0 bridgehead atoms. The first-order valence-corrected chi connectivity index (χ1v) is 5.17.